The topological polar surface area (TPSA) is 9.23 Å². The number of rotatable bonds is 0. The summed E-state index contributed by atoms with van der Waals surface area (Å²) < 4.78 is 6.18. The molecule has 0 saturated carbocycles. The minimum absolute atomic E-state index is 0.0954. The molecule has 0 aromatic carbocycles. The van der Waals surface area contributed by atoms with Crippen molar-refractivity contribution in [2.45, 2.75) is 48.5 Å². The van der Waals surface area contributed by atoms with Gasteiger partial charge in [-0.25, -0.2) is 0 Å². The largest absolute Gasteiger partial charge is 0.464 e. The van der Waals surface area contributed by atoms with Crippen molar-refractivity contribution in [2.75, 3.05) is 0 Å². The molecular weight excluding hydrogens is 232 g/mol. The molecule has 0 amide bonds. The fraction of sp³-hybridized carbons (Fsp3) is 0.444. The van der Waals surface area contributed by atoms with Crippen LogP contribution in [0, 0.1) is 5.41 Å². The summed E-state index contributed by atoms with van der Waals surface area (Å²) >= 11 is 0. The maximum absolute atomic E-state index is 6.18. The normalized spacial score (nSPS) is 29.9. The van der Waals surface area contributed by atoms with Gasteiger partial charge in [0.05, 0.1) is 5.41 Å². The molecule has 3 rings (SSSR count). The van der Waals surface area contributed by atoms with Crippen molar-refractivity contribution in [3.8, 4) is 0 Å². The van der Waals surface area contributed by atoms with Crippen LogP contribution in [0.2, 0.25) is 0 Å². The van der Waals surface area contributed by atoms with Gasteiger partial charge in [0, 0.05) is 0 Å². The van der Waals surface area contributed by atoms with Crippen LogP contribution in [0.5, 0.6) is 0 Å². The predicted octanol–water partition coefficient (Wildman–Crippen LogP) is 5.20. The first kappa shape index (κ1) is 12.5. The van der Waals surface area contributed by atoms with Crippen LogP contribution < -0.4 is 0 Å². The second-order valence-corrected chi connectivity index (χ2v) is 6.10. The lowest BCUT2D eigenvalue weighted by atomic mass is 9.66. The van der Waals surface area contributed by atoms with Crippen LogP contribution in [0.1, 0.15) is 48.5 Å². The Morgan fingerprint density at radius 1 is 0.789 bits per heavy atom. The maximum atomic E-state index is 6.18. The lowest BCUT2D eigenvalue weighted by molar-refractivity contribution is 0.287. The summed E-state index contributed by atoms with van der Waals surface area (Å²) in [6, 6.07) is 0. The Morgan fingerprint density at radius 2 is 1.42 bits per heavy atom. The van der Waals surface area contributed by atoms with E-state index in [0.29, 0.717) is 0 Å². The van der Waals surface area contributed by atoms with E-state index in [1.807, 2.05) is 0 Å². The van der Waals surface area contributed by atoms with Crippen molar-refractivity contribution in [1.82, 2.24) is 0 Å². The molecule has 1 unspecified atom stereocenters. The maximum Gasteiger partial charge on any atom is 0.126 e. The van der Waals surface area contributed by atoms with E-state index in [9.17, 15) is 0 Å². The summed E-state index contributed by atoms with van der Waals surface area (Å²) in [5, 5.41) is 0. The van der Waals surface area contributed by atoms with E-state index >= 15 is 0 Å². The number of hydrogen-bond donors (Lipinski definition) is 0. The Balaban J connectivity index is 2.45. The lowest BCUT2D eigenvalue weighted by Gasteiger charge is -2.35. The van der Waals surface area contributed by atoms with Crippen molar-refractivity contribution in [2.24, 2.45) is 5.41 Å². The highest BCUT2D eigenvalue weighted by Crippen LogP contribution is 2.63. The van der Waals surface area contributed by atoms with Crippen molar-refractivity contribution in [3.05, 3.63) is 56.6 Å². The third-order valence-electron chi connectivity index (χ3n) is 5.47. The summed E-state index contributed by atoms with van der Waals surface area (Å²) in [5.74, 6) is 2.21. The lowest BCUT2D eigenvalue weighted by Crippen LogP contribution is -2.27. The summed E-state index contributed by atoms with van der Waals surface area (Å²) in [6.07, 6.45) is 2.36. The van der Waals surface area contributed by atoms with Gasteiger partial charge in [0.1, 0.15) is 11.5 Å². The van der Waals surface area contributed by atoms with Crippen LogP contribution in [0.15, 0.2) is 56.6 Å². The van der Waals surface area contributed by atoms with Crippen LogP contribution in [0.4, 0.5) is 0 Å². The average Bonchev–Trinajstić information content (AvgIpc) is 2.74. The zero-order valence-electron chi connectivity index (χ0n) is 13.0. The van der Waals surface area contributed by atoms with E-state index in [1.54, 1.807) is 0 Å². The molecule has 2 aliphatic carbocycles. The highest BCUT2D eigenvalue weighted by atomic mass is 16.5. The first-order chi connectivity index (χ1) is 8.83. The molecule has 0 saturated heterocycles. The van der Waals surface area contributed by atoms with Crippen LogP contribution in [0.3, 0.4) is 0 Å². The molecule has 1 atom stereocenters. The van der Waals surface area contributed by atoms with Gasteiger partial charge in [0.25, 0.3) is 0 Å². The number of hydrogen-bond acceptors (Lipinski definition) is 1. The zero-order chi connectivity index (χ0) is 14.1. The van der Waals surface area contributed by atoms with Gasteiger partial charge in [-0.1, -0.05) is 6.08 Å². The third-order valence-corrected chi connectivity index (χ3v) is 5.47. The minimum Gasteiger partial charge on any atom is -0.464 e. The van der Waals surface area contributed by atoms with E-state index in [0.717, 1.165) is 11.5 Å². The number of ether oxygens (including phenoxy) is 1. The van der Waals surface area contributed by atoms with Gasteiger partial charge in [-0.3, -0.25) is 0 Å². The minimum atomic E-state index is -0.0954. The Labute approximate surface area is 116 Å². The Hall–Kier alpha value is -1.50. The van der Waals surface area contributed by atoms with Crippen molar-refractivity contribution < 1.29 is 4.74 Å². The van der Waals surface area contributed by atoms with E-state index < -0.39 is 0 Å². The molecule has 1 heteroatoms. The zero-order valence-corrected chi connectivity index (χ0v) is 13.0. The first-order valence-electron chi connectivity index (χ1n) is 6.99. The van der Waals surface area contributed by atoms with E-state index in [1.165, 1.54) is 39.0 Å². The van der Waals surface area contributed by atoms with Gasteiger partial charge in [-0.05, 0) is 87.5 Å². The molecule has 1 nitrogen and oxygen atoms in total. The van der Waals surface area contributed by atoms with E-state index in [-0.39, 0.29) is 5.41 Å². The van der Waals surface area contributed by atoms with Crippen molar-refractivity contribution >= 4 is 0 Å². The molecule has 0 aromatic rings. The summed E-state index contributed by atoms with van der Waals surface area (Å²) in [4.78, 5) is 0. The van der Waals surface area contributed by atoms with Crippen LogP contribution in [0.25, 0.3) is 0 Å². The van der Waals surface area contributed by atoms with Gasteiger partial charge in [0.15, 0.2) is 0 Å². The highest BCUT2D eigenvalue weighted by Gasteiger charge is 2.54. The van der Waals surface area contributed by atoms with Crippen molar-refractivity contribution in [3.63, 3.8) is 0 Å². The molecule has 1 spiro atoms. The monoisotopic (exact) mass is 254 g/mol. The fourth-order valence-corrected chi connectivity index (χ4v) is 3.84. The summed E-state index contributed by atoms with van der Waals surface area (Å²) in [7, 11) is 0. The first-order valence-corrected chi connectivity index (χ1v) is 6.99. The summed E-state index contributed by atoms with van der Waals surface area (Å²) in [6.45, 7) is 15.4. The molecule has 3 aliphatic rings. The van der Waals surface area contributed by atoms with Gasteiger partial charge >= 0.3 is 0 Å². The molecule has 0 N–H and O–H groups in total. The second-order valence-electron chi connectivity index (χ2n) is 6.10. The van der Waals surface area contributed by atoms with Crippen LogP contribution in [-0.4, -0.2) is 0 Å². The Morgan fingerprint density at radius 3 is 2.05 bits per heavy atom. The van der Waals surface area contributed by atoms with E-state index in [2.05, 4.69) is 54.5 Å². The summed E-state index contributed by atoms with van der Waals surface area (Å²) in [5.41, 5.74) is 9.58. The van der Waals surface area contributed by atoms with Crippen LogP contribution >= 0.6 is 0 Å². The van der Waals surface area contributed by atoms with Gasteiger partial charge in [-0.2, -0.15) is 0 Å². The van der Waals surface area contributed by atoms with E-state index in [4.69, 9.17) is 4.74 Å². The Bertz CT molecular complexity index is 662. The van der Waals surface area contributed by atoms with Gasteiger partial charge in [0.2, 0.25) is 0 Å². The molecule has 0 bridgehead atoms. The molecular formula is C18H22O. The third kappa shape index (κ3) is 1.17. The Kier molecular flexibility index (Phi) is 2.33. The molecule has 100 valence electrons. The molecule has 1 heterocycles. The molecule has 0 radical (unpaired) electrons. The van der Waals surface area contributed by atoms with Crippen molar-refractivity contribution in [1.29, 1.82) is 0 Å². The molecule has 19 heavy (non-hydrogen) atoms. The molecule has 0 aromatic heterocycles. The average molecular weight is 254 g/mol. The molecule has 0 fully saturated rings. The smallest absolute Gasteiger partial charge is 0.126 e. The predicted molar refractivity (Wildman–Crippen MR) is 79.4 cm³/mol. The highest BCUT2D eigenvalue weighted by molar-refractivity contribution is 5.70. The number of allylic oxidation sites excluding steroid dienone is 7. The standard InChI is InChI=1S/C18H22O/c1-9-8-16-12(4)11(3)13(5)18(16)14(6)15(7)19-17(18)10(9)2/h8H,1-7H3. The molecule has 1 aliphatic heterocycles. The quantitative estimate of drug-likeness (QED) is 0.577. The van der Waals surface area contributed by atoms with Gasteiger partial charge < -0.3 is 4.74 Å². The fourth-order valence-electron chi connectivity index (χ4n) is 3.84. The second kappa shape index (κ2) is 3.53. The van der Waals surface area contributed by atoms with Gasteiger partial charge in [-0.15, -0.1) is 0 Å². The SMILES string of the molecule is CC1=CC2=C(C)C(C)=C(C)C23C(C)=C(C)OC3=C1C. The van der Waals surface area contributed by atoms with Crippen LogP contribution in [-0.2, 0) is 4.74 Å².